The molecule has 0 N–H and O–H groups in total. The van der Waals surface area contributed by atoms with Crippen molar-refractivity contribution >= 4 is 38.8 Å². The number of benzene rings is 3. The van der Waals surface area contributed by atoms with Crippen LogP contribution in [-0.4, -0.2) is 54.0 Å². The maximum Gasteiger partial charge on any atom is 0.230 e. The number of methoxy groups -OCH3 is 1. The average Bonchev–Trinajstić information content (AvgIpc) is 3.33. The minimum absolute atomic E-state index is 0.0857. The highest BCUT2D eigenvalue weighted by molar-refractivity contribution is 7.14. The maximum atomic E-state index is 12.5. The number of ether oxygens (including phenoxy) is 1. The molecule has 0 spiro atoms. The van der Waals surface area contributed by atoms with Crippen molar-refractivity contribution in [3.8, 4) is 5.75 Å². The number of para-hydroxylation sites is 2. The number of hydrogen-bond donors (Lipinski definition) is 0. The molecule has 0 unspecified atom stereocenters. The average molecular weight is 487 g/mol. The second-order valence-electron chi connectivity index (χ2n) is 8.84. The van der Waals surface area contributed by atoms with Gasteiger partial charge in [-0.3, -0.25) is 19.5 Å². The van der Waals surface area contributed by atoms with E-state index in [1.54, 1.807) is 18.9 Å². The van der Waals surface area contributed by atoms with Crippen molar-refractivity contribution in [3.05, 3.63) is 83.4 Å². The summed E-state index contributed by atoms with van der Waals surface area (Å²) in [6.45, 7) is 7.38. The Hall–Kier alpha value is -3.26. The molecule has 0 bridgehead atoms. The van der Waals surface area contributed by atoms with Gasteiger partial charge in [0.1, 0.15) is 5.75 Å². The molecule has 7 heteroatoms. The number of thiazole rings is 1. The van der Waals surface area contributed by atoms with Crippen LogP contribution in [0.1, 0.15) is 18.2 Å². The number of aromatic nitrogens is 1. The van der Waals surface area contributed by atoms with Gasteiger partial charge in [-0.15, -0.1) is 11.3 Å². The lowest BCUT2D eigenvalue weighted by Crippen LogP contribution is -2.45. The van der Waals surface area contributed by atoms with Crippen LogP contribution in [0.4, 0.5) is 10.8 Å². The van der Waals surface area contributed by atoms with Gasteiger partial charge in [-0.2, -0.15) is 0 Å². The van der Waals surface area contributed by atoms with Crippen LogP contribution in [0.25, 0.3) is 10.8 Å². The number of carbonyl (C=O) groups excluding carboxylic acids is 1. The molecule has 0 atom stereocenters. The minimum atomic E-state index is -0.0857. The molecule has 0 aliphatic carbocycles. The molecule has 1 aliphatic heterocycles. The molecule has 1 fully saturated rings. The molecule has 4 aromatic rings. The number of carbonyl (C=O) groups is 1. The van der Waals surface area contributed by atoms with Crippen LogP contribution in [0.2, 0.25) is 0 Å². The number of piperazine rings is 1. The molecule has 35 heavy (non-hydrogen) atoms. The van der Waals surface area contributed by atoms with Gasteiger partial charge in [-0.25, -0.2) is 4.98 Å². The van der Waals surface area contributed by atoms with Crippen LogP contribution in [0.5, 0.6) is 5.75 Å². The van der Waals surface area contributed by atoms with Crippen molar-refractivity contribution in [3.63, 3.8) is 0 Å². The van der Waals surface area contributed by atoms with Crippen molar-refractivity contribution in [1.82, 2.24) is 14.8 Å². The summed E-state index contributed by atoms with van der Waals surface area (Å²) in [6.07, 6.45) is 0. The summed E-state index contributed by atoms with van der Waals surface area (Å²) in [5.41, 5.74) is 3.10. The topological polar surface area (TPSA) is 48.9 Å². The van der Waals surface area contributed by atoms with Crippen LogP contribution in [0, 0.1) is 0 Å². The zero-order valence-corrected chi connectivity index (χ0v) is 21.0. The Labute approximate surface area is 210 Å². The van der Waals surface area contributed by atoms with Gasteiger partial charge in [-0.1, -0.05) is 54.6 Å². The number of hydrogen-bond acceptors (Lipinski definition) is 6. The van der Waals surface area contributed by atoms with Crippen molar-refractivity contribution in [2.24, 2.45) is 0 Å². The van der Waals surface area contributed by atoms with Gasteiger partial charge in [0.15, 0.2) is 5.13 Å². The van der Waals surface area contributed by atoms with Gasteiger partial charge in [0.2, 0.25) is 5.91 Å². The van der Waals surface area contributed by atoms with Gasteiger partial charge in [0.05, 0.1) is 18.5 Å². The lowest BCUT2D eigenvalue weighted by molar-refractivity contribution is -0.115. The van der Waals surface area contributed by atoms with Crippen LogP contribution >= 0.6 is 11.3 Å². The maximum absolute atomic E-state index is 12.5. The van der Waals surface area contributed by atoms with E-state index >= 15 is 0 Å². The highest BCUT2D eigenvalue weighted by Crippen LogP contribution is 2.35. The smallest absolute Gasteiger partial charge is 0.230 e. The fourth-order valence-corrected chi connectivity index (χ4v) is 5.57. The van der Waals surface area contributed by atoms with Gasteiger partial charge < -0.3 is 4.74 Å². The number of rotatable bonds is 7. The lowest BCUT2D eigenvalue weighted by Gasteiger charge is -2.34. The van der Waals surface area contributed by atoms with E-state index in [4.69, 9.17) is 9.72 Å². The van der Waals surface area contributed by atoms with Crippen molar-refractivity contribution in [2.75, 3.05) is 38.2 Å². The van der Waals surface area contributed by atoms with Crippen molar-refractivity contribution in [2.45, 2.75) is 20.0 Å². The number of fused-ring (bicyclic) bond motifs is 1. The Bertz CT molecular complexity index is 1310. The number of amides is 1. The van der Waals surface area contributed by atoms with Crippen molar-refractivity contribution in [1.29, 1.82) is 0 Å². The predicted octanol–water partition coefficient (Wildman–Crippen LogP) is 5.31. The standard InChI is InChI=1S/C28H30N4O2S/c1-21(33)32(26-12-5-6-13-27(26)34-2)28-29-24(20-35-28)19-31-16-14-30(15-17-31)18-23-10-7-9-22-8-3-4-11-25(22)23/h3-13,20H,14-19H2,1-2H3. The molecule has 6 nitrogen and oxygen atoms in total. The second kappa shape index (κ2) is 10.6. The van der Waals surface area contributed by atoms with E-state index in [-0.39, 0.29) is 5.91 Å². The largest absolute Gasteiger partial charge is 0.495 e. The summed E-state index contributed by atoms with van der Waals surface area (Å²) in [5, 5.41) is 5.38. The molecule has 2 heterocycles. The molecule has 180 valence electrons. The third-order valence-electron chi connectivity index (χ3n) is 6.50. The Morgan fingerprint density at radius 2 is 1.63 bits per heavy atom. The second-order valence-corrected chi connectivity index (χ2v) is 9.67. The van der Waals surface area contributed by atoms with E-state index in [1.165, 1.54) is 27.7 Å². The fraction of sp³-hybridized carbons (Fsp3) is 0.286. The first kappa shape index (κ1) is 23.5. The summed E-state index contributed by atoms with van der Waals surface area (Å²) < 4.78 is 5.47. The first-order valence-electron chi connectivity index (χ1n) is 11.9. The minimum Gasteiger partial charge on any atom is -0.495 e. The van der Waals surface area contributed by atoms with E-state index in [2.05, 4.69) is 57.6 Å². The molecular weight excluding hydrogens is 456 g/mol. The van der Waals surface area contributed by atoms with E-state index < -0.39 is 0 Å². The van der Waals surface area contributed by atoms with Crippen LogP contribution in [0.3, 0.4) is 0 Å². The Morgan fingerprint density at radius 3 is 2.40 bits per heavy atom. The third kappa shape index (κ3) is 5.22. The highest BCUT2D eigenvalue weighted by Gasteiger charge is 2.23. The molecule has 1 aliphatic rings. The van der Waals surface area contributed by atoms with Crippen molar-refractivity contribution < 1.29 is 9.53 Å². The first-order valence-corrected chi connectivity index (χ1v) is 12.8. The van der Waals surface area contributed by atoms with E-state index in [0.29, 0.717) is 16.6 Å². The summed E-state index contributed by atoms with van der Waals surface area (Å²) >= 11 is 1.49. The van der Waals surface area contributed by atoms with Gasteiger partial charge in [0.25, 0.3) is 0 Å². The molecule has 1 saturated heterocycles. The van der Waals surface area contributed by atoms with E-state index in [1.807, 2.05) is 24.3 Å². The van der Waals surface area contributed by atoms with Gasteiger partial charge in [-0.05, 0) is 28.5 Å². The van der Waals surface area contributed by atoms with Gasteiger partial charge in [0, 0.05) is 51.6 Å². The van der Waals surface area contributed by atoms with Crippen LogP contribution in [0.15, 0.2) is 72.1 Å². The Kier molecular flexibility index (Phi) is 7.08. The summed E-state index contributed by atoms with van der Waals surface area (Å²) in [5.74, 6) is 0.569. The quantitative estimate of drug-likeness (QED) is 0.354. The number of anilines is 2. The number of nitrogens with zero attached hydrogens (tertiary/aromatic N) is 4. The third-order valence-corrected chi connectivity index (χ3v) is 7.37. The zero-order chi connectivity index (χ0) is 24.2. The molecular formula is C28H30N4O2S. The molecule has 3 aromatic carbocycles. The monoisotopic (exact) mass is 486 g/mol. The molecule has 0 saturated carbocycles. The summed E-state index contributed by atoms with van der Waals surface area (Å²) in [7, 11) is 1.62. The lowest BCUT2D eigenvalue weighted by atomic mass is 10.0. The van der Waals surface area contributed by atoms with Crippen LogP contribution in [-0.2, 0) is 17.9 Å². The SMILES string of the molecule is COc1ccccc1N(C(C)=O)c1nc(CN2CCN(Cc3cccc4ccccc34)CC2)cs1. The normalized spacial score (nSPS) is 14.8. The fourth-order valence-electron chi connectivity index (χ4n) is 4.70. The summed E-state index contributed by atoms with van der Waals surface area (Å²) in [6, 6.07) is 22.7. The molecule has 5 rings (SSSR count). The zero-order valence-electron chi connectivity index (χ0n) is 20.2. The molecule has 0 radical (unpaired) electrons. The Morgan fingerprint density at radius 1 is 0.943 bits per heavy atom. The predicted molar refractivity (Wildman–Crippen MR) is 142 cm³/mol. The molecule has 1 aromatic heterocycles. The van der Waals surface area contributed by atoms with E-state index in [0.717, 1.165) is 45.0 Å². The van der Waals surface area contributed by atoms with Crippen LogP contribution < -0.4 is 9.64 Å². The van der Waals surface area contributed by atoms with Gasteiger partial charge >= 0.3 is 0 Å². The Balaban J connectivity index is 1.22. The summed E-state index contributed by atoms with van der Waals surface area (Å²) in [4.78, 5) is 23.9. The molecule has 1 amide bonds. The van der Waals surface area contributed by atoms with E-state index in [9.17, 15) is 4.79 Å². The first-order chi connectivity index (χ1) is 17.1. The highest BCUT2D eigenvalue weighted by atomic mass is 32.1.